The molecule has 1 saturated heterocycles. The number of rotatable bonds is 4. The standard InChI is InChI=1S/C18H33N3O/c1-13-5-8-21(9-6-13)10-7-20-18(22)16-11-14-3-2-4-15(12-16)17(14)19/h13-17H,2-12,19H2,1H3,(H,20,22). The van der Waals surface area contributed by atoms with Crippen LogP contribution in [-0.4, -0.2) is 43.0 Å². The van der Waals surface area contributed by atoms with Crippen LogP contribution in [0.2, 0.25) is 0 Å². The van der Waals surface area contributed by atoms with Gasteiger partial charge in [0.15, 0.2) is 0 Å². The zero-order chi connectivity index (χ0) is 15.5. The average molecular weight is 307 g/mol. The van der Waals surface area contributed by atoms with Crippen molar-refractivity contribution >= 4 is 5.91 Å². The van der Waals surface area contributed by atoms with Crippen molar-refractivity contribution in [1.29, 1.82) is 0 Å². The van der Waals surface area contributed by atoms with Crippen LogP contribution in [0.4, 0.5) is 0 Å². The molecule has 4 nitrogen and oxygen atoms in total. The number of amides is 1. The highest BCUT2D eigenvalue weighted by atomic mass is 16.1. The molecule has 22 heavy (non-hydrogen) atoms. The molecule has 126 valence electrons. The van der Waals surface area contributed by atoms with Crippen molar-refractivity contribution in [1.82, 2.24) is 10.2 Å². The molecule has 2 saturated carbocycles. The molecule has 2 bridgehead atoms. The smallest absolute Gasteiger partial charge is 0.223 e. The molecule has 1 aliphatic heterocycles. The number of piperidine rings is 1. The fourth-order valence-electron chi connectivity index (χ4n) is 4.77. The van der Waals surface area contributed by atoms with Crippen molar-refractivity contribution < 1.29 is 4.79 Å². The molecule has 3 rings (SSSR count). The third-order valence-corrected chi connectivity index (χ3v) is 6.39. The van der Waals surface area contributed by atoms with Gasteiger partial charge in [-0.2, -0.15) is 0 Å². The average Bonchev–Trinajstić information content (AvgIpc) is 2.49. The van der Waals surface area contributed by atoms with E-state index < -0.39 is 0 Å². The largest absolute Gasteiger partial charge is 0.355 e. The predicted octanol–water partition coefficient (Wildman–Crippen LogP) is 1.99. The van der Waals surface area contributed by atoms with Crippen LogP contribution < -0.4 is 11.1 Å². The Morgan fingerprint density at radius 1 is 1.14 bits per heavy atom. The van der Waals surface area contributed by atoms with E-state index in [0.29, 0.717) is 17.9 Å². The van der Waals surface area contributed by atoms with Gasteiger partial charge in [-0.1, -0.05) is 13.3 Å². The van der Waals surface area contributed by atoms with Crippen LogP contribution in [0.3, 0.4) is 0 Å². The summed E-state index contributed by atoms with van der Waals surface area (Å²) < 4.78 is 0. The van der Waals surface area contributed by atoms with Crippen LogP contribution in [0.5, 0.6) is 0 Å². The second-order valence-corrected chi connectivity index (χ2v) is 8.01. The third kappa shape index (κ3) is 3.83. The Balaban J connectivity index is 1.39. The van der Waals surface area contributed by atoms with E-state index in [0.717, 1.165) is 31.8 Å². The van der Waals surface area contributed by atoms with Gasteiger partial charge in [0.05, 0.1) is 0 Å². The maximum Gasteiger partial charge on any atom is 0.223 e. The number of nitrogens with zero attached hydrogens (tertiary/aromatic N) is 1. The summed E-state index contributed by atoms with van der Waals surface area (Å²) in [6.07, 6.45) is 8.41. The van der Waals surface area contributed by atoms with Crippen LogP contribution in [0, 0.1) is 23.7 Å². The van der Waals surface area contributed by atoms with Crippen LogP contribution in [-0.2, 0) is 4.79 Å². The highest BCUT2D eigenvalue weighted by Gasteiger charge is 2.40. The SMILES string of the molecule is CC1CCN(CCNC(=O)C2CC3CCCC(C2)C3N)CC1. The molecule has 0 spiro atoms. The summed E-state index contributed by atoms with van der Waals surface area (Å²) >= 11 is 0. The van der Waals surface area contributed by atoms with E-state index in [9.17, 15) is 4.79 Å². The minimum absolute atomic E-state index is 0.219. The lowest BCUT2D eigenvalue weighted by Gasteiger charge is -2.43. The van der Waals surface area contributed by atoms with Gasteiger partial charge < -0.3 is 16.0 Å². The first-order valence-corrected chi connectivity index (χ1v) is 9.39. The van der Waals surface area contributed by atoms with Crippen molar-refractivity contribution in [2.75, 3.05) is 26.2 Å². The van der Waals surface area contributed by atoms with Crippen molar-refractivity contribution in [2.24, 2.45) is 29.4 Å². The number of hydrogen-bond donors (Lipinski definition) is 2. The Morgan fingerprint density at radius 2 is 1.77 bits per heavy atom. The number of nitrogens with one attached hydrogen (secondary N) is 1. The van der Waals surface area contributed by atoms with Gasteiger partial charge in [0.1, 0.15) is 0 Å². The Bertz CT molecular complexity index is 365. The summed E-state index contributed by atoms with van der Waals surface area (Å²) in [6.45, 7) is 6.55. The number of carbonyl (C=O) groups is 1. The molecule has 2 atom stereocenters. The highest BCUT2D eigenvalue weighted by molar-refractivity contribution is 5.78. The Hall–Kier alpha value is -0.610. The van der Waals surface area contributed by atoms with E-state index >= 15 is 0 Å². The monoisotopic (exact) mass is 307 g/mol. The molecule has 2 aliphatic carbocycles. The topological polar surface area (TPSA) is 58.4 Å². The van der Waals surface area contributed by atoms with E-state index in [2.05, 4.69) is 17.1 Å². The van der Waals surface area contributed by atoms with E-state index in [1.807, 2.05) is 0 Å². The Morgan fingerprint density at radius 3 is 2.41 bits per heavy atom. The molecule has 1 amide bonds. The quantitative estimate of drug-likeness (QED) is 0.835. The zero-order valence-electron chi connectivity index (χ0n) is 14.1. The van der Waals surface area contributed by atoms with Crippen molar-refractivity contribution in [3.05, 3.63) is 0 Å². The molecule has 0 aromatic carbocycles. The minimum Gasteiger partial charge on any atom is -0.355 e. The number of hydrogen-bond acceptors (Lipinski definition) is 3. The number of carbonyl (C=O) groups excluding carboxylic acids is 1. The summed E-state index contributed by atoms with van der Waals surface area (Å²) in [5.74, 6) is 2.56. The molecule has 1 heterocycles. The maximum atomic E-state index is 12.5. The normalized spacial score (nSPS) is 37.0. The summed E-state index contributed by atoms with van der Waals surface area (Å²) in [5, 5.41) is 3.19. The van der Waals surface area contributed by atoms with Crippen molar-refractivity contribution in [2.45, 2.75) is 57.9 Å². The van der Waals surface area contributed by atoms with E-state index in [-0.39, 0.29) is 11.8 Å². The lowest BCUT2D eigenvalue weighted by atomic mass is 9.65. The first-order chi connectivity index (χ1) is 10.6. The number of fused-ring (bicyclic) bond motifs is 2. The number of nitrogens with two attached hydrogens (primary N) is 1. The summed E-state index contributed by atoms with van der Waals surface area (Å²) in [6, 6.07) is 0.355. The first-order valence-electron chi connectivity index (χ1n) is 9.39. The van der Waals surface area contributed by atoms with E-state index in [4.69, 9.17) is 5.73 Å². The molecule has 0 aromatic rings. The lowest BCUT2D eigenvalue weighted by molar-refractivity contribution is -0.127. The maximum absolute atomic E-state index is 12.5. The van der Waals surface area contributed by atoms with Gasteiger partial charge in [-0.05, 0) is 69.4 Å². The summed E-state index contributed by atoms with van der Waals surface area (Å²) in [5.41, 5.74) is 6.32. The van der Waals surface area contributed by atoms with E-state index in [1.165, 1.54) is 45.2 Å². The van der Waals surface area contributed by atoms with Gasteiger partial charge in [0, 0.05) is 25.0 Å². The van der Waals surface area contributed by atoms with Gasteiger partial charge in [0.2, 0.25) is 5.91 Å². The first kappa shape index (κ1) is 16.3. The lowest BCUT2D eigenvalue weighted by Crippen LogP contribution is -2.49. The molecule has 2 unspecified atom stereocenters. The highest BCUT2D eigenvalue weighted by Crippen LogP contribution is 2.41. The van der Waals surface area contributed by atoms with Crippen LogP contribution >= 0.6 is 0 Å². The molecule has 4 heteroatoms. The van der Waals surface area contributed by atoms with Crippen molar-refractivity contribution in [3.8, 4) is 0 Å². The molecular formula is C18H33N3O. The fourth-order valence-corrected chi connectivity index (χ4v) is 4.77. The van der Waals surface area contributed by atoms with Gasteiger partial charge in [0.25, 0.3) is 0 Å². The fraction of sp³-hybridized carbons (Fsp3) is 0.944. The second kappa shape index (κ2) is 7.31. The molecule has 3 fully saturated rings. The zero-order valence-corrected chi connectivity index (χ0v) is 14.1. The Labute approximate surface area is 135 Å². The Kier molecular flexibility index (Phi) is 5.40. The number of likely N-dealkylation sites (tertiary alicyclic amines) is 1. The van der Waals surface area contributed by atoms with E-state index in [1.54, 1.807) is 0 Å². The molecule has 3 N–H and O–H groups in total. The molecule has 3 aliphatic rings. The van der Waals surface area contributed by atoms with Gasteiger partial charge >= 0.3 is 0 Å². The van der Waals surface area contributed by atoms with Crippen LogP contribution in [0.15, 0.2) is 0 Å². The minimum atomic E-state index is 0.219. The second-order valence-electron chi connectivity index (χ2n) is 8.01. The van der Waals surface area contributed by atoms with Gasteiger partial charge in [-0.15, -0.1) is 0 Å². The summed E-state index contributed by atoms with van der Waals surface area (Å²) in [7, 11) is 0. The molecule has 0 aromatic heterocycles. The van der Waals surface area contributed by atoms with Crippen LogP contribution in [0.25, 0.3) is 0 Å². The van der Waals surface area contributed by atoms with Gasteiger partial charge in [-0.3, -0.25) is 4.79 Å². The third-order valence-electron chi connectivity index (χ3n) is 6.39. The van der Waals surface area contributed by atoms with Gasteiger partial charge in [-0.25, -0.2) is 0 Å². The summed E-state index contributed by atoms with van der Waals surface area (Å²) in [4.78, 5) is 15.0. The van der Waals surface area contributed by atoms with Crippen molar-refractivity contribution in [3.63, 3.8) is 0 Å². The predicted molar refractivity (Wildman–Crippen MR) is 89.4 cm³/mol. The molecular weight excluding hydrogens is 274 g/mol. The molecule has 0 radical (unpaired) electrons. The van der Waals surface area contributed by atoms with Crippen LogP contribution in [0.1, 0.15) is 51.9 Å².